The van der Waals surface area contributed by atoms with Gasteiger partial charge in [0.25, 0.3) is 0 Å². The molecule has 4 heteroatoms. The van der Waals surface area contributed by atoms with Gasteiger partial charge in [-0.2, -0.15) is 0 Å². The Kier molecular flexibility index (Phi) is 5.89. The summed E-state index contributed by atoms with van der Waals surface area (Å²) < 4.78 is 0. The highest BCUT2D eigenvalue weighted by Crippen LogP contribution is 2.20. The van der Waals surface area contributed by atoms with Crippen LogP contribution in [0.4, 0.5) is 0 Å². The summed E-state index contributed by atoms with van der Waals surface area (Å²) in [4.78, 5) is 6.55. The number of hydrogen-bond donors (Lipinski definition) is 1. The predicted molar refractivity (Wildman–Crippen MR) is 73.1 cm³/mol. The zero-order valence-corrected chi connectivity index (χ0v) is 11.2. The summed E-state index contributed by atoms with van der Waals surface area (Å²) >= 11 is 0. The number of halogens is 1. The highest BCUT2D eigenvalue weighted by atomic mass is 35.5. The van der Waals surface area contributed by atoms with Crippen LogP contribution in [-0.4, -0.2) is 29.0 Å². The number of nitrogens with two attached hydrogens (primary N) is 1. The molecule has 0 radical (unpaired) electrons. The van der Waals surface area contributed by atoms with Crippen LogP contribution >= 0.6 is 12.4 Å². The summed E-state index contributed by atoms with van der Waals surface area (Å²) in [5.74, 6) is 0.663. The molecule has 2 N–H and O–H groups in total. The lowest BCUT2D eigenvalue weighted by Gasteiger charge is -2.34. The summed E-state index contributed by atoms with van der Waals surface area (Å²) in [5.41, 5.74) is 7.33. The fraction of sp³-hybridized carbons (Fsp3) is 0.615. The fourth-order valence-corrected chi connectivity index (χ4v) is 2.41. The first-order valence-corrected chi connectivity index (χ1v) is 6.12. The zero-order chi connectivity index (χ0) is 11.4. The van der Waals surface area contributed by atoms with E-state index in [4.69, 9.17) is 5.73 Å². The normalized spacial score (nSPS) is 22.8. The summed E-state index contributed by atoms with van der Waals surface area (Å²) in [6.07, 6.45) is 6.28. The monoisotopic (exact) mass is 255 g/mol. The Morgan fingerprint density at radius 1 is 1.47 bits per heavy atom. The van der Waals surface area contributed by atoms with Crippen molar-refractivity contribution in [2.45, 2.75) is 32.4 Å². The summed E-state index contributed by atoms with van der Waals surface area (Å²) in [6, 6.07) is 4.51. The molecule has 1 aliphatic heterocycles. The van der Waals surface area contributed by atoms with Crippen molar-refractivity contribution >= 4 is 12.4 Å². The SMILES string of the molecule is CC(N)C1CCCN(Cc2ccncc2)C1.Cl. The van der Waals surface area contributed by atoms with Crippen LogP contribution < -0.4 is 5.73 Å². The van der Waals surface area contributed by atoms with E-state index in [1.54, 1.807) is 0 Å². The molecule has 1 saturated heterocycles. The second-order valence-electron chi connectivity index (χ2n) is 4.85. The second-order valence-corrected chi connectivity index (χ2v) is 4.85. The van der Waals surface area contributed by atoms with Crippen LogP contribution in [0.1, 0.15) is 25.3 Å². The fourth-order valence-electron chi connectivity index (χ4n) is 2.41. The largest absolute Gasteiger partial charge is 0.328 e. The molecule has 1 fully saturated rings. The molecule has 0 bridgehead atoms. The van der Waals surface area contributed by atoms with E-state index in [0.717, 1.165) is 13.1 Å². The van der Waals surface area contributed by atoms with Gasteiger partial charge in [-0.05, 0) is 49.9 Å². The molecule has 3 nitrogen and oxygen atoms in total. The van der Waals surface area contributed by atoms with Gasteiger partial charge in [-0.15, -0.1) is 12.4 Å². The molecule has 1 aromatic rings. The van der Waals surface area contributed by atoms with Gasteiger partial charge < -0.3 is 5.73 Å². The van der Waals surface area contributed by atoms with Gasteiger partial charge in [-0.25, -0.2) is 0 Å². The first kappa shape index (κ1) is 14.4. The van der Waals surface area contributed by atoms with Crippen molar-refractivity contribution in [1.29, 1.82) is 0 Å². The van der Waals surface area contributed by atoms with Crippen molar-refractivity contribution in [3.63, 3.8) is 0 Å². The van der Waals surface area contributed by atoms with E-state index in [2.05, 4.69) is 28.9 Å². The highest BCUT2D eigenvalue weighted by Gasteiger charge is 2.22. The average Bonchev–Trinajstić information content (AvgIpc) is 2.30. The molecule has 0 aliphatic carbocycles. The summed E-state index contributed by atoms with van der Waals surface area (Å²) in [6.45, 7) is 5.50. The van der Waals surface area contributed by atoms with Crippen LogP contribution in [-0.2, 0) is 6.54 Å². The molecule has 17 heavy (non-hydrogen) atoms. The number of rotatable bonds is 3. The Balaban J connectivity index is 0.00000144. The van der Waals surface area contributed by atoms with Gasteiger partial charge in [0.05, 0.1) is 0 Å². The van der Waals surface area contributed by atoms with Gasteiger partial charge in [-0.1, -0.05) is 0 Å². The van der Waals surface area contributed by atoms with Crippen molar-refractivity contribution in [2.24, 2.45) is 11.7 Å². The lowest BCUT2D eigenvalue weighted by Crippen LogP contribution is -2.41. The van der Waals surface area contributed by atoms with Crippen LogP contribution in [0.5, 0.6) is 0 Å². The first-order valence-electron chi connectivity index (χ1n) is 6.12. The quantitative estimate of drug-likeness (QED) is 0.899. The third-order valence-electron chi connectivity index (χ3n) is 3.44. The number of piperidine rings is 1. The van der Waals surface area contributed by atoms with E-state index in [9.17, 15) is 0 Å². The van der Waals surface area contributed by atoms with Gasteiger partial charge in [0.15, 0.2) is 0 Å². The van der Waals surface area contributed by atoms with Gasteiger partial charge in [-0.3, -0.25) is 9.88 Å². The lowest BCUT2D eigenvalue weighted by molar-refractivity contribution is 0.154. The van der Waals surface area contributed by atoms with Crippen molar-refractivity contribution in [1.82, 2.24) is 9.88 Å². The molecule has 2 heterocycles. The number of nitrogens with zero attached hydrogens (tertiary/aromatic N) is 2. The maximum Gasteiger partial charge on any atom is 0.0271 e. The van der Waals surface area contributed by atoms with Crippen molar-refractivity contribution in [3.05, 3.63) is 30.1 Å². The Hall–Kier alpha value is -0.640. The number of aromatic nitrogens is 1. The lowest BCUT2D eigenvalue weighted by atomic mass is 9.92. The minimum atomic E-state index is 0. The van der Waals surface area contributed by atoms with E-state index >= 15 is 0 Å². The summed E-state index contributed by atoms with van der Waals surface area (Å²) in [5, 5.41) is 0. The molecule has 2 unspecified atom stereocenters. The zero-order valence-electron chi connectivity index (χ0n) is 10.4. The predicted octanol–water partition coefficient (Wildman–Crippen LogP) is 2.06. The van der Waals surface area contributed by atoms with Gasteiger partial charge in [0, 0.05) is 31.5 Å². The maximum atomic E-state index is 5.99. The first-order chi connectivity index (χ1) is 7.75. The molecule has 2 atom stereocenters. The Morgan fingerprint density at radius 3 is 2.82 bits per heavy atom. The van der Waals surface area contributed by atoms with E-state index in [1.807, 2.05) is 12.4 Å². The van der Waals surface area contributed by atoms with Crippen LogP contribution in [0.3, 0.4) is 0 Å². The number of hydrogen-bond acceptors (Lipinski definition) is 3. The third kappa shape index (κ3) is 4.26. The number of pyridine rings is 1. The molecule has 0 amide bonds. The Labute approximate surface area is 110 Å². The van der Waals surface area contributed by atoms with Gasteiger partial charge in [0.1, 0.15) is 0 Å². The third-order valence-corrected chi connectivity index (χ3v) is 3.44. The minimum Gasteiger partial charge on any atom is -0.328 e. The molecule has 1 aliphatic rings. The van der Waals surface area contributed by atoms with Gasteiger partial charge >= 0.3 is 0 Å². The molecule has 0 saturated carbocycles. The topological polar surface area (TPSA) is 42.1 Å². The van der Waals surface area contributed by atoms with Crippen molar-refractivity contribution in [3.8, 4) is 0 Å². The van der Waals surface area contributed by atoms with E-state index in [0.29, 0.717) is 12.0 Å². The molecule has 1 aromatic heterocycles. The highest BCUT2D eigenvalue weighted by molar-refractivity contribution is 5.85. The standard InChI is InChI=1S/C13H21N3.ClH/c1-11(14)13-3-2-8-16(10-13)9-12-4-6-15-7-5-12;/h4-7,11,13H,2-3,8-10,14H2,1H3;1H. The van der Waals surface area contributed by atoms with E-state index < -0.39 is 0 Å². The van der Waals surface area contributed by atoms with E-state index in [-0.39, 0.29) is 12.4 Å². The maximum absolute atomic E-state index is 5.99. The second kappa shape index (κ2) is 6.94. The number of likely N-dealkylation sites (tertiary alicyclic amines) is 1. The molecule has 0 aromatic carbocycles. The molecular formula is C13H22ClN3. The van der Waals surface area contributed by atoms with E-state index in [1.165, 1.54) is 24.9 Å². The van der Waals surface area contributed by atoms with Crippen molar-refractivity contribution < 1.29 is 0 Å². The summed E-state index contributed by atoms with van der Waals surface area (Å²) in [7, 11) is 0. The van der Waals surface area contributed by atoms with Crippen LogP contribution in [0.25, 0.3) is 0 Å². The van der Waals surface area contributed by atoms with Crippen LogP contribution in [0, 0.1) is 5.92 Å². The van der Waals surface area contributed by atoms with Crippen LogP contribution in [0.2, 0.25) is 0 Å². The average molecular weight is 256 g/mol. The Bertz CT molecular complexity index is 316. The molecule has 0 spiro atoms. The smallest absolute Gasteiger partial charge is 0.0271 e. The van der Waals surface area contributed by atoms with Crippen molar-refractivity contribution in [2.75, 3.05) is 13.1 Å². The molecular weight excluding hydrogens is 234 g/mol. The Morgan fingerprint density at radius 2 is 2.18 bits per heavy atom. The molecule has 96 valence electrons. The van der Waals surface area contributed by atoms with Crippen LogP contribution in [0.15, 0.2) is 24.5 Å². The minimum absolute atomic E-state index is 0. The van der Waals surface area contributed by atoms with Gasteiger partial charge in [0.2, 0.25) is 0 Å². The molecule has 2 rings (SSSR count).